The van der Waals surface area contributed by atoms with Crippen molar-refractivity contribution in [2.24, 2.45) is 0 Å². The van der Waals surface area contributed by atoms with Crippen molar-refractivity contribution in [2.45, 2.75) is 12.6 Å². The van der Waals surface area contributed by atoms with Gasteiger partial charge in [0.25, 0.3) is 5.66 Å². The molecule has 0 radical (unpaired) electrons. The van der Waals surface area contributed by atoms with E-state index in [1.54, 1.807) is 6.92 Å². The first-order valence-corrected chi connectivity index (χ1v) is 7.08. The van der Waals surface area contributed by atoms with E-state index in [4.69, 9.17) is 0 Å². The number of alkyl halides is 2. The molecule has 0 saturated carbocycles. The smallest absolute Gasteiger partial charge is 0.330 e. The molecular weight excluding hydrogens is 321 g/mol. The summed E-state index contributed by atoms with van der Waals surface area (Å²) in [5.74, 6) is -0.664. The zero-order valence-corrected chi connectivity index (χ0v) is 13.3. The van der Waals surface area contributed by atoms with Gasteiger partial charge in [-0.25, -0.2) is 4.79 Å². The van der Waals surface area contributed by atoms with Crippen LogP contribution in [0.5, 0.6) is 0 Å². The molecule has 0 fully saturated rings. The molecule has 0 aliphatic carbocycles. The Hall–Kier alpha value is -1.64. The van der Waals surface area contributed by atoms with Gasteiger partial charge in [0.1, 0.15) is 0 Å². The Balaban J connectivity index is 0. The number of carbonyl (C=O) groups excluding carboxylic acids is 1. The van der Waals surface area contributed by atoms with Crippen LogP contribution in [0.3, 0.4) is 0 Å². The van der Waals surface area contributed by atoms with Gasteiger partial charge >= 0.3 is 5.97 Å². The summed E-state index contributed by atoms with van der Waals surface area (Å²) in [5, 5.41) is 0. The maximum absolute atomic E-state index is 13.4. The van der Waals surface area contributed by atoms with E-state index in [9.17, 15) is 27.9 Å². The first kappa shape index (κ1) is 22.6. The fourth-order valence-electron chi connectivity index (χ4n) is 1.34. The Labute approximate surface area is 126 Å². The van der Waals surface area contributed by atoms with Crippen LogP contribution in [0.25, 0.3) is 6.08 Å². The number of hydrogen-bond donors (Lipinski definition) is 2. The molecule has 0 aliphatic rings. The van der Waals surface area contributed by atoms with E-state index in [0.29, 0.717) is 0 Å². The fourth-order valence-corrected chi connectivity index (χ4v) is 1.80. The molecule has 0 bridgehead atoms. The topological polar surface area (TPSA) is 162 Å². The summed E-state index contributed by atoms with van der Waals surface area (Å²) in [4.78, 5) is 32.1. The highest BCUT2D eigenvalue weighted by atomic mass is 31.2. The van der Waals surface area contributed by atoms with Crippen molar-refractivity contribution in [3.63, 3.8) is 0 Å². The quantitative estimate of drug-likeness (QED) is 0.475. The molecule has 1 aromatic rings. The molecule has 0 spiro atoms. The van der Waals surface area contributed by atoms with Crippen LogP contribution in [0.2, 0.25) is 0 Å². The molecule has 0 amide bonds. The SMILES string of the molecule is CCOC(=O)/C=C\c1cccc(C(F)(F)P(=O)([O-])[O-])c1.[NH4+].[NH4+]. The lowest BCUT2D eigenvalue weighted by molar-refractivity contribution is -0.335. The number of halogens is 2. The zero-order valence-electron chi connectivity index (χ0n) is 12.4. The van der Waals surface area contributed by atoms with E-state index >= 15 is 0 Å². The minimum Gasteiger partial charge on any atom is -0.806 e. The Morgan fingerprint density at radius 3 is 2.45 bits per heavy atom. The summed E-state index contributed by atoms with van der Waals surface area (Å²) >= 11 is 0. The molecule has 0 heterocycles. The first-order valence-electron chi connectivity index (χ1n) is 5.54. The van der Waals surface area contributed by atoms with Crippen molar-refractivity contribution in [3.8, 4) is 0 Å². The van der Waals surface area contributed by atoms with Crippen LogP contribution in [0.4, 0.5) is 8.78 Å². The number of ether oxygens (including phenoxy) is 1. The number of carbonyl (C=O) groups is 1. The molecule has 0 saturated heterocycles. The van der Waals surface area contributed by atoms with E-state index in [1.165, 1.54) is 12.1 Å². The minimum atomic E-state index is -6.11. The van der Waals surface area contributed by atoms with Crippen LogP contribution in [-0.4, -0.2) is 12.6 Å². The highest BCUT2D eigenvalue weighted by molar-refractivity contribution is 7.49. The average molecular weight is 340 g/mol. The molecule has 0 atom stereocenters. The maximum Gasteiger partial charge on any atom is 0.330 e. The summed E-state index contributed by atoms with van der Waals surface area (Å²) in [6, 6.07) is 4.17. The summed E-state index contributed by atoms with van der Waals surface area (Å²) in [7, 11) is -6.11. The molecule has 1 rings (SSSR count). The van der Waals surface area contributed by atoms with Gasteiger partial charge in [-0.05, 0) is 24.6 Å². The number of quaternary nitrogens is 2. The van der Waals surface area contributed by atoms with Crippen molar-refractivity contribution in [2.75, 3.05) is 6.61 Å². The van der Waals surface area contributed by atoms with Crippen LogP contribution in [0, 0.1) is 0 Å². The number of esters is 1. The van der Waals surface area contributed by atoms with Gasteiger partial charge in [-0.1, -0.05) is 18.2 Å². The van der Waals surface area contributed by atoms with Gasteiger partial charge in [0.15, 0.2) is 0 Å². The Morgan fingerprint density at radius 1 is 1.36 bits per heavy atom. The lowest BCUT2D eigenvalue weighted by atomic mass is 10.1. The van der Waals surface area contributed by atoms with Gasteiger partial charge in [0.05, 0.1) is 6.61 Å². The molecule has 22 heavy (non-hydrogen) atoms. The number of rotatable bonds is 5. The molecule has 0 aromatic heterocycles. The number of benzene rings is 1. The van der Waals surface area contributed by atoms with E-state index in [-0.39, 0.29) is 24.5 Å². The van der Waals surface area contributed by atoms with Crippen molar-refractivity contribution in [3.05, 3.63) is 41.5 Å². The van der Waals surface area contributed by atoms with Crippen LogP contribution >= 0.6 is 7.60 Å². The molecule has 10 heteroatoms. The Bertz CT molecular complexity index is 574. The third-order valence-electron chi connectivity index (χ3n) is 2.28. The van der Waals surface area contributed by atoms with Crippen molar-refractivity contribution < 1.29 is 32.7 Å². The molecule has 0 aliphatic heterocycles. The summed E-state index contributed by atoms with van der Waals surface area (Å²) in [5.41, 5.74) is -5.30. The molecule has 126 valence electrons. The highest BCUT2D eigenvalue weighted by Gasteiger charge is 2.35. The number of hydrogen-bond acceptors (Lipinski definition) is 5. The van der Waals surface area contributed by atoms with Crippen molar-refractivity contribution in [1.29, 1.82) is 0 Å². The van der Waals surface area contributed by atoms with Gasteiger partial charge < -0.3 is 31.4 Å². The summed E-state index contributed by atoms with van der Waals surface area (Å²) in [6.07, 6.45) is 2.19. The molecule has 7 nitrogen and oxygen atoms in total. The molecular formula is C12H19F2N2O5P. The monoisotopic (exact) mass is 340 g/mol. The standard InChI is InChI=1S/C12H13F2O5P.2H3N/c1-2-19-11(15)7-6-9-4-3-5-10(8-9)12(13,14)20(16,17)18;;/h3-8H,2H2,1H3,(H2,16,17,18);2*1H3/b7-6-;;. The predicted octanol–water partition coefficient (Wildman–Crippen LogP) is 1.98. The highest BCUT2D eigenvalue weighted by Crippen LogP contribution is 2.53. The maximum atomic E-state index is 13.4. The molecule has 0 unspecified atom stereocenters. The average Bonchev–Trinajstić information content (AvgIpc) is 2.36. The second-order valence-corrected chi connectivity index (χ2v) is 5.31. The second kappa shape index (κ2) is 8.72. The minimum absolute atomic E-state index is 0. The van der Waals surface area contributed by atoms with Crippen molar-refractivity contribution in [1.82, 2.24) is 12.3 Å². The van der Waals surface area contributed by atoms with Gasteiger partial charge in [-0.3, -0.25) is 0 Å². The van der Waals surface area contributed by atoms with Gasteiger partial charge in [0, 0.05) is 19.2 Å². The summed E-state index contributed by atoms with van der Waals surface area (Å²) in [6.45, 7) is 1.77. The zero-order chi connectivity index (χ0) is 15.4. The van der Waals surface area contributed by atoms with E-state index in [2.05, 4.69) is 4.74 Å². The third kappa shape index (κ3) is 5.63. The molecule has 1 aromatic carbocycles. The second-order valence-electron chi connectivity index (χ2n) is 3.75. The normalized spacial score (nSPS) is 11.5. The van der Waals surface area contributed by atoms with E-state index in [1.807, 2.05) is 0 Å². The van der Waals surface area contributed by atoms with E-state index < -0.39 is 24.8 Å². The van der Waals surface area contributed by atoms with E-state index in [0.717, 1.165) is 24.3 Å². The first-order chi connectivity index (χ1) is 9.18. The van der Waals surface area contributed by atoms with Crippen LogP contribution in [0.15, 0.2) is 30.3 Å². The predicted molar refractivity (Wildman–Crippen MR) is 75.6 cm³/mol. The fraction of sp³-hybridized carbons (Fsp3) is 0.250. The summed E-state index contributed by atoms with van der Waals surface area (Å²) < 4.78 is 41.9. The lowest BCUT2D eigenvalue weighted by Gasteiger charge is -2.37. The van der Waals surface area contributed by atoms with Crippen LogP contribution < -0.4 is 22.1 Å². The van der Waals surface area contributed by atoms with Gasteiger partial charge in [0.2, 0.25) is 0 Å². The van der Waals surface area contributed by atoms with Crippen LogP contribution in [0.1, 0.15) is 18.1 Å². The molecule has 8 N–H and O–H groups in total. The third-order valence-corrected chi connectivity index (χ3v) is 3.22. The van der Waals surface area contributed by atoms with Gasteiger partial charge in [-0.15, -0.1) is 0 Å². The largest absolute Gasteiger partial charge is 0.806 e. The van der Waals surface area contributed by atoms with Crippen molar-refractivity contribution >= 4 is 19.6 Å². The Morgan fingerprint density at radius 2 is 1.95 bits per heavy atom. The van der Waals surface area contributed by atoms with Gasteiger partial charge in [-0.2, -0.15) is 8.78 Å². The lowest BCUT2D eigenvalue weighted by Crippen LogP contribution is -2.29. The van der Waals surface area contributed by atoms with Crippen LogP contribution in [-0.2, 0) is 19.8 Å². The Kier molecular flexibility index (Phi) is 8.97.